The number of carbonyl (C=O) groups excluding carboxylic acids is 1. The number of nitrogens with one attached hydrogen (secondary N) is 1. The minimum atomic E-state index is 0.163. The second-order valence-corrected chi connectivity index (χ2v) is 6.43. The van der Waals surface area contributed by atoms with Gasteiger partial charge in [0.1, 0.15) is 0 Å². The normalized spacial score (nSPS) is 23.1. The largest absolute Gasteiger partial charge is 0.331 e. The molecule has 0 unspecified atom stereocenters. The lowest BCUT2D eigenvalue weighted by Crippen LogP contribution is -2.51. The third kappa shape index (κ3) is 3.85. The Hall–Kier alpha value is -0.810. The number of likely N-dealkylation sites (tertiary alicyclic amines) is 2. The van der Waals surface area contributed by atoms with Gasteiger partial charge in [-0.1, -0.05) is 0 Å². The number of hydrogen-bond acceptors (Lipinski definition) is 3. The van der Waals surface area contributed by atoms with E-state index in [1.54, 1.807) is 4.90 Å². The van der Waals surface area contributed by atoms with Gasteiger partial charge in [0.15, 0.2) is 0 Å². The standard InChI is InChI=1S/C15H30N4O/c1-16-12-13-4-8-18(9-5-13)14-6-10-19(11-7-14)15(20)17(2)3/h13-14,16H,4-12H2,1-3H3. The van der Waals surface area contributed by atoms with E-state index < -0.39 is 0 Å². The summed E-state index contributed by atoms with van der Waals surface area (Å²) < 4.78 is 0. The van der Waals surface area contributed by atoms with E-state index in [0.717, 1.165) is 38.4 Å². The summed E-state index contributed by atoms with van der Waals surface area (Å²) in [5.74, 6) is 0.853. The molecule has 0 radical (unpaired) electrons. The third-order valence-corrected chi connectivity index (χ3v) is 4.78. The minimum Gasteiger partial charge on any atom is -0.331 e. The molecule has 2 heterocycles. The maximum atomic E-state index is 11.9. The van der Waals surface area contributed by atoms with Crippen molar-refractivity contribution in [2.75, 3.05) is 53.9 Å². The number of urea groups is 1. The molecule has 2 fully saturated rings. The monoisotopic (exact) mass is 282 g/mol. The molecule has 0 saturated carbocycles. The topological polar surface area (TPSA) is 38.8 Å². The molecule has 2 saturated heterocycles. The molecule has 0 spiro atoms. The van der Waals surface area contributed by atoms with Gasteiger partial charge in [0.25, 0.3) is 0 Å². The van der Waals surface area contributed by atoms with Gasteiger partial charge in [0.05, 0.1) is 0 Å². The highest BCUT2D eigenvalue weighted by Gasteiger charge is 2.29. The van der Waals surface area contributed by atoms with Gasteiger partial charge in [0, 0.05) is 33.2 Å². The predicted octanol–water partition coefficient (Wildman–Crippen LogP) is 1.06. The van der Waals surface area contributed by atoms with Gasteiger partial charge < -0.3 is 20.0 Å². The molecule has 2 aliphatic rings. The summed E-state index contributed by atoms with van der Waals surface area (Å²) in [7, 11) is 5.71. The molecule has 0 bridgehead atoms. The van der Waals surface area contributed by atoms with Crippen molar-refractivity contribution in [2.24, 2.45) is 5.92 Å². The van der Waals surface area contributed by atoms with Crippen LogP contribution in [0.3, 0.4) is 0 Å². The molecule has 2 aliphatic heterocycles. The van der Waals surface area contributed by atoms with Crippen LogP contribution < -0.4 is 5.32 Å². The van der Waals surface area contributed by atoms with Crippen molar-refractivity contribution in [2.45, 2.75) is 31.7 Å². The van der Waals surface area contributed by atoms with Crippen LogP contribution in [0.4, 0.5) is 4.79 Å². The Morgan fingerprint density at radius 1 is 1.10 bits per heavy atom. The van der Waals surface area contributed by atoms with Crippen molar-refractivity contribution < 1.29 is 4.79 Å². The second kappa shape index (κ2) is 7.27. The molecule has 1 N–H and O–H groups in total. The van der Waals surface area contributed by atoms with Gasteiger partial charge in [-0.25, -0.2) is 4.79 Å². The van der Waals surface area contributed by atoms with Crippen molar-refractivity contribution in [3.63, 3.8) is 0 Å². The van der Waals surface area contributed by atoms with Crippen LogP contribution >= 0.6 is 0 Å². The van der Waals surface area contributed by atoms with Gasteiger partial charge in [-0.3, -0.25) is 0 Å². The number of amides is 2. The molecule has 20 heavy (non-hydrogen) atoms. The summed E-state index contributed by atoms with van der Waals surface area (Å²) in [6.45, 7) is 5.46. The first-order valence-electron chi connectivity index (χ1n) is 7.96. The smallest absolute Gasteiger partial charge is 0.319 e. The molecule has 0 aromatic rings. The highest BCUT2D eigenvalue weighted by molar-refractivity contribution is 5.73. The SMILES string of the molecule is CNCC1CCN(C2CCN(C(=O)N(C)C)CC2)CC1. The van der Waals surface area contributed by atoms with Crippen LogP contribution in [0.1, 0.15) is 25.7 Å². The zero-order valence-electron chi connectivity index (χ0n) is 13.3. The van der Waals surface area contributed by atoms with Gasteiger partial charge >= 0.3 is 6.03 Å². The van der Waals surface area contributed by atoms with E-state index in [0.29, 0.717) is 6.04 Å². The van der Waals surface area contributed by atoms with Crippen molar-refractivity contribution in [3.05, 3.63) is 0 Å². The summed E-state index contributed by atoms with van der Waals surface area (Å²) in [5, 5.41) is 3.29. The quantitative estimate of drug-likeness (QED) is 0.841. The van der Waals surface area contributed by atoms with Crippen LogP contribution in [0.25, 0.3) is 0 Å². The van der Waals surface area contributed by atoms with Crippen LogP contribution in [0.5, 0.6) is 0 Å². The maximum Gasteiger partial charge on any atom is 0.319 e. The number of carbonyl (C=O) groups is 1. The maximum absolute atomic E-state index is 11.9. The number of rotatable bonds is 3. The summed E-state index contributed by atoms with van der Waals surface area (Å²) in [6, 6.07) is 0.855. The molecule has 5 heteroatoms. The molecular formula is C15H30N4O. The Morgan fingerprint density at radius 2 is 1.70 bits per heavy atom. The lowest BCUT2D eigenvalue weighted by Gasteiger charge is -2.42. The third-order valence-electron chi connectivity index (χ3n) is 4.78. The van der Waals surface area contributed by atoms with E-state index in [9.17, 15) is 4.79 Å². The Bertz CT molecular complexity index is 305. The molecule has 5 nitrogen and oxygen atoms in total. The van der Waals surface area contributed by atoms with E-state index in [1.165, 1.54) is 25.9 Å². The van der Waals surface area contributed by atoms with E-state index in [4.69, 9.17) is 0 Å². The summed E-state index contributed by atoms with van der Waals surface area (Å²) in [4.78, 5) is 18.3. The lowest BCUT2D eigenvalue weighted by atomic mass is 9.93. The lowest BCUT2D eigenvalue weighted by molar-refractivity contribution is 0.0808. The zero-order valence-corrected chi connectivity index (χ0v) is 13.3. The van der Waals surface area contributed by atoms with Gasteiger partial charge in [-0.2, -0.15) is 0 Å². The predicted molar refractivity (Wildman–Crippen MR) is 81.9 cm³/mol. The van der Waals surface area contributed by atoms with Crippen LogP contribution in [-0.2, 0) is 0 Å². The summed E-state index contributed by atoms with van der Waals surface area (Å²) >= 11 is 0. The molecular weight excluding hydrogens is 252 g/mol. The zero-order chi connectivity index (χ0) is 14.5. The second-order valence-electron chi connectivity index (χ2n) is 6.43. The van der Waals surface area contributed by atoms with Crippen molar-refractivity contribution in [1.29, 1.82) is 0 Å². The number of nitrogens with zero attached hydrogens (tertiary/aromatic N) is 3. The molecule has 0 aromatic carbocycles. The average Bonchev–Trinajstić information content (AvgIpc) is 2.48. The van der Waals surface area contributed by atoms with E-state index in [2.05, 4.69) is 10.2 Å². The Balaban J connectivity index is 1.73. The van der Waals surface area contributed by atoms with Gasteiger partial charge in [0.2, 0.25) is 0 Å². The first-order valence-corrected chi connectivity index (χ1v) is 7.96. The fourth-order valence-corrected chi connectivity index (χ4v) is 3.52. The van der Waals surface area contributed by atoms with Crippen molar-refractivity contribution in [3.8, 4) is 0 Å². The highest BCUT2D eigenvalue weighted by atomic mass is 16.2. The fourth-order valence-electron chi connectivity index (χ4n) is 3.52. The Labute approximate surface area is 123 Å². The van der Waals surface area contributed by atoms with Crippen molar-refractivity contribution in [1.82, 2.24) is 20.0 Å². The molecule has 0 atom stereocenters. The van der Waals surface area contributed by atoms with E-state index in [1.807, 2.05) is 26.0 Å². The highest BCUT2D eigenvalue weighted by Crippen LogP contribution is 2.23. The van der Waals surface area contributed by atoms with Gasteiger partial charge in [-0.05, 0) is 58.3 Å². The molecule has 2 amide bonds. The molecule has 116 valence electrons. The Morgan fingerprint density at radius 3 is 2.20 bits per heavy atom. The Kier molecular flexibility index (Phi) is 5.66. The fraction of sp³-hybridized carbons (Fsp3) is 0.933. The molecule has 0 aliphatic carbocycles. The van der Waals surface area contributed by atoms with Crippen LogP contribution in [0.15, 0.2) is 0 Å². The molecule has 0 aromatic heterocycles. The summed E-state index contributed by atoms with van der Waals surface area (Å²) in [5.41, 5.74) is 0. The van der Waals surface area contributed by atoms with E-state index >= 15 is 0 Å². The minimum absolute atomic E-state index is 0.163. The van der Waals surface area contributed by atoms with Crippen LogP contribution in [0, 0.1) is 5.92 Å². The average molecular weight is 282 g/mol. The number of hydrogen-bond donors (Lipinski definition) is 1. The first kappa shape index (κ1) is 15.6. The molecule has 2 rings (SSSR count). The van der Waals surface area contributed by atoms with Crippen molar-refractivity contribution >= 4 is 6.03 Å². The van der Waals surface area contributed by atoms with E-state index in [-0.39, 0.29) is 6.03 Å². The van der Waals surface area contributed by atoms with Crippen LogP contribution in [0.2, 0.25) is 0 Å². The number of piperidine rings is 2. The first-order chi connectivity index (χ1) is 9.61. The van der Waals surface area contributed by atoms with Gasteiger partial charge in [-0.15, -0.1) is 0 Å². The van der Waals surface area contributed by atoms with Crippen LogP contribution in [-0.4, -0.2) is 80.6 Å². The summed E-state index contributed by atoms with van der Waals surface area (Å²) in [6.07, 6.45) is 4.90.